The number of carboxylic acids is 1. The molecule has 0 radical (unpaired) electrons. The Morgan fingerprint density at radius 1 is 1.29 bits per heavy atom. The van der Waals surface area contributed by atoms with Crippen LogP contribution in [0.4, 0.5) is 0 Å². The molecule has 0 heterocycles. The van der Waals surface area contributed by atoms with Crippen molar-refractivity contribution in [3.63, 3.8) is 0 Å². The van der Waals surface area contributed by atoms with Crippen LogP contribution < -0.4 is 5.32 Å². The molecule has 1 rings (SSSR count). The zero-order valence-electron chi connectivity index (χ0n) is 13.1. The van der Waals surface area contributed by atoms with E-state index in [0.29, 0.717) is 12.0 Å². The van der Waals surface area contributed by atoms with Gasteiger partial charge < -0.3 is 10.4 Å². The van der Waals surface area contributed by atoms with Crippen LogP contribution in [0.3, 0.4) is 0 Å². The fraction of sp³-hybridized carbons (Fsp3) is 0.529. The second-order valence-electron chi connectivity index (χ2n) is 5.48. The minimum atomic E-state index is -0.870. The second-order valence-corrected chi connectivity index (χ2v) is 5.48. The van der Waals surface area contributed by atoms with E-state index in [0.717, 1.165) is 30.5 Å². The van der Waals surface area contributed by atoms with Gasteiger partial charge in [0.1, 0.15) is 0 Å². The van der Waals surface area contributed by atoms with Crippen molar-refractivity contribution in [2.75, 3.05) is 6.54 Å². The van der Waals surface area contributed by atoms with Gasteiger partial charge in [0.05, 0.1) is 6.04 Å². The standard InChI is InChI=1S/C17H25NO3/c1-4-5-10-18-15(8-9-16(19)20)17(21)14-7-6-12(2)11-13(14)3/h6-7,11,15,18H,4-5,8-10H2,1-3H3,(H,19,20). The summed E-state index contributed by atoms with van der Waals surface area (Å²) < 4.78 is 0. The SMILES string of the molecule is CCCCNC(CCC(=O)O)C(=O)c1ccc(C)cc1C. The summed E-state index contributed by atoms with van der Waals surface area (Å²) in [6.45, 7) is 6.72. The summed E-state index contributed by atoms with van der Waals surface area (Å²) in [7, 11) is 0. The summed E-state index contributed by atoms with van der Waals surface area (Å²) in [5, 5.41) is 12.0. The van der Waals surface area contributed by atoms with Crippen LogP contribution in [-0.2, 0) is 4.79 Å². The Labute approximate surface area is 126 Å². The van der Waals surface area contributed by atoms with Crippen molar-refractivity contribution in [3.8, 4) is 0 Å². The highest BCUT2D eigenvalue weighted by atomic mass is 16.4. The zero-order valence-corrected chi connectivity index (χ0v) is 13.1. The summed E-state index contributed by atoms with van der Waals surface area (Å²) in [6, 6.07) is 5.31. The molecule has 0 aliphatic heterocycles. The summed E-state index contributed by atoms with van der Waals surface area (Å²) in [4.78, 5) is 23.4. The van der Waals surface area contributed by atoms with Crippen LogP contribution in [0.15, 0.2) is 18.2 Å². The van der Waals surface area contributed by atoms with E-state index in [1.807, 2.05) is 32.0 Å². The first-order valence-electron chi connectivity index (χ1n) is 7.52. The number of carbonyl (C=O) groups excluding carboxylic acids is 1. The summed E-state index contributed by atoms with van der Waals surface area (Å²) in [6.07, 6.45) is 2.34. The normalized spacial score (nSPS) is 12.1. The lowest BCUT2D eigenvalue weighted by Crippen LogP contribution is -2.38. The number of nitrogens with one attached hydrogen (secondary N) is 1. The molecule has 0 saturated carbocycles. The molecule has 0 amide bonds. The minimum Gasteiger partial charge on any atom is -0.481 e. The first kappa shape index (κ1) is 17.4. The lowest BCUT2D eigenvalue weighted by atomic mass is 9.95. The first-order valence-corrected chi connectivity index (χ1v) is 7.52. The van der Waals surface area contributed by atoms with E-state index in [2.05, 4.69) is 12.2 Å². The van der Waals surface area contributed by atoms with Gasteiger partial charge in [0.15, 0.2) is 5.78 Å². The number of aliphatic carboxylic acids is 1. The molecular formula is C17H25NO3. The van der Waals surface area contributed by atoms with Crippen LogP contribution in [0, 0.1) is 13.8 Å². The predicted molar refractivity (Wildman–Crippen MR) is 83.8 cm³/mol. The lowest BCUT2D eigenvalue weighted by molar-refractivity contribution is -0.137. The number of hydrogen-bond acceptors (Lipinski definition) is 3. The molecule has 1 unspecified atom stereocenters. The van der Waals surface area contributed by atoms with Gasteiger partial charge in [0.2, 0.25) is 0 Å². The maximum atomic E-state index is 12.6. The van der Waals surface area contributed by atoms with Crippen LogP contribution in [-0.4, -0.2) is 29.4 Å². The summed E-state index contributed by atoms with van der Waals surface area (Å²) in [5.41, 5.74) is 2.74. The van der Waals surface area contributed by atoms with Gasteiger partial charge >= 0.3 is 5.97 Å². The molecule has 1 aromatic rings. The number of carboxylic acid groups (broad SMARTS) is 1. The molecule has 4 nitrogen and oxygen atoms in total. The highest BCUT2D eigenvalue weighted by molar-refractivity contribution is 6.01. The van der Waals surface area contributed by atoms with Crippen molar-refractivity contribution < 1.29 is 14.7 Å². The molecule has 2 N–H and O–H groups in total. The van der Waals surface area contributed by atoms with Crippen molar-refractivity contribution in [1.82, 2.24) is 5.32 Å². The molecule has 1 aromatic carbocycles. The van der Waals surface area contributed by atoms with Gasteiger partial charge in [-0.05, 0) is 38.8 Å². The topological polar surface area (TPSA) is 66.4 Å². The lowest BCUT2D eigenvalue weighted by Gasteiger charge is -2.18. The van der Waals surface area contributed by atoms with Crippen molar-refractivity contribution in [2.45, 2.75) is 52.5 Å². The van der Waals surface area contributed by atoms with E-state index in [-0.39, 0.29) is 12.2 Å². The Hall–Kier alpha value is -1.68. The molecular weight excluding hydrogens is 266 g/mol. The van der Waals surface area contributed by atoms with Gasteiger partial charge in [-0.1, -0.05) is 37.1 Å². The highest BCUT2D eigenvalue weighted by Crippen LogP contribution is 2.15. The zero-order chi connectivity index (χ0) is 15.8. The monoisotopic (exact) mass is 291 g/mol. The molecule has 116 valence electrons. The van der Waals surface area contributed by atoms with Crippen molar-refractivity contribution in [1.29, 1.82) is 0 Å². The fourth-order valence-corrected chi connectivity index (χ4v) is 2.32. The molecule has 0 fully saturated rings. The molecule has 0 spiro atoms. The molecule has 1 atom stereocenters. The van der Waals surface area contributed by atoms with Gasteiger partial charge in [-0.2, -0.15) is 0 Å². The predicted octanol–water partition coefficient (Wildman–Crippen LogP) is 3.11. The van der Waals surface area contributed by atoms with Gasteiger partial charge in [-0.3, -0.25) is 9.59 Å². The molecule has 21 heavy (non-hydrogen) atoms. The molecule has 0 aliphatic rings. The van der Waals surface area contributed by atoms with Crippen molar-refractivity contribution in [2.24, 2.45) is 0 Å². The Kier molecular flexibility index (Phi) is 7.09. The molecule has 0 aliphatic carbocycles. The van der Waals surface area contributed by atoms with Crippen LogP contribution >= 0.6 is 0 Å². The average molecular weight is 291 g/mol. The molecule has 4 heteroatoms. The average Bonchev–Trinajstić information content (AvgIpc) is 2.41. The third-order valence-corrected chi connectivity index (χ3v) is 3.53. The number of ketones is 1. The fourth-order valence-electron chi connectivity index (χ4n) is 2.32. The van der Waals surface area contributed by atoms with Gasteiger partial charge in [-0.25, -0.2) is 0 Å². The first-order chi connectivity index (χ1) is 9.95. The number of carbonyl (C=O) groups is 2. The number of hydrogen-bond donors (Lipinski definition) is 2. The highest BCUT2D eigenvalue weighted by Gasteiger charge is 2.21. The Morgan fingerprint density at radius 3 is 2.57 bits per heavy atom. The summed E-state index contributed by atoms with van der Waals surface area (Å²) >= 11 is 0. The van der Waals surface area contributed by atoms with E-state index < -0.39 is 12.0 Å². The third-order valence-electron chi connectivity index (χ3n) is 3.53. The summed E-state index contributed by atoms with van der Waals surface area (Å²) in [5.74, 6) is -0.879. The van der Waals surface area contributed by atoms with Crippen molar-refractivity contribution >= 4 is 11.8 Å². The van der Waals surface area contributed by atoms with Crippen LogP contribution in [0.2, 0.25) is 0 Å². The number of benzene rings is 1. The van der Waals surface area contributed by atoms with Gasteiger partial charge in [0, 0.05) is 12.0 Å². The largest absolute Gasteiger partial charge is 0.481 e. The van der Waals surface area contributed by atoms with Gasteiger partial charge in [-0.15, -0.1) is 0 Å². The maximum absolute atomic E-state index is 12.6. The molecule has 0 bridgehead atoms. The number of unbranched alkanes of at least 4 members (excludes halogenated alkanes) is 1. The Balaban J connectivity index is 2.83. The smallest absolute Gasteiger partial charge is 0.303 e. The quantitative estimate of drug-likeness (QED) is 0.542. The van der Waals surface area contributed by atoms with E-state index in [1.54, 1.807) is 0 Å². The van der Waals surface area contributed by atoms with E-state index >= 15 is 0 Å². The van der Waals surface area contributed by atoms with E-state index in [9.17, 15) is 9.59 Å². The van der Waals surface area contributed by atoms with E-state index in [4.69, 9.17) is 5.11 Å². The van der Waals surface area contributed by atoms with Gasteiger partial charge in [0.25, 0.3) is 0 Å². The Morgan fingerprint density at radius 2 is 2.00 bits per heavy atom. The van der Waals surface area contributed by atoms with Crippen LogP contribution in [0.25, 0.3) is 0 Å². The number of aryl methyl sites for hydroxylation is 2. The van der Waals surface area contributed by atoms with Crippen LogP contribution in [0.5, 0.6) is 0 Å². The van der Waals surface area contributed by atoms with Crippen molar-refractivity contribution in [3.05, 3.63) is 34.9 Å². The number of Topliss-reactive ketones (excluding diaryl/α,β-unsaturated/α-hetero) is 1. The molecule has 0 aromatic heterocycles. The number of rotatable bonds is 9. The third kappa shape index (κ3) is 5.68. The maximum Gasteiger partial charge on any atom is 0.303 e. The minimum absolute atomic E-state index is 0.000437. The second kappa shape index (κ2) is 8.57. The van der Waals surface area contributed by atoms with E-state index in [1.165, 1.54) is 0 Å². The Bertz CT molecular complexity index is 497. The molecule has 0 saturated heterocycles. The van der Waals surface area contributed by atoms with Crippen LogP contribution in [0.1, 0.15) is 54.1 Å².